The van der Waals surface area contributed by atoms with Gasteiger partial charge in [0.2, 0.25) is 0 Å². The van der Waals surface area contributed by atoms with Gasteiger partial charge in [0.15, 0.2) is 5.82 Å². The van der Waals surface area contributed by atoms with Crippen LogP contribution in [-0.2, 0) is 0 Å². The van der Waals surface area contributed by atoms with Crippen molar-refractivity contribution >= 4 is 103 Å². The monoisotopic (exact) mass is 684 g/mol. The molecule has 248 valence electrons. The second kappa shape index (κ2) is 10.2. The van der Waals surface area contributed by atoms with E-state index in [0.29, 0.717) is 0 Å². The summed E-state index contributed by atoms with van der Waals surface area (Å²) < 4.78 is 4.96. The molecule has 0 saturated heterocycles. The number of fused-ring (bicyclic) bond motifs is 11. The number of rotatable bonds is 2. The first-order valence-electron chi connectivity index (χ1n) is 18.5. The summed E-state index contributed by atoms with van der Waals surface area (Å²) in [6.45, 7) is 0. The first-order chi connectivity index (χ1) is 26.8. The summed E-state index contributed by atoms with van der Waals surface area (Å²) in [6.07, 6.45) is 0. The largest absolute Gasteiger partial charge is 0.308 e. The molecule has 4 nitrogen and oxygen atoms in total. The Bertz CT molecular complexity index is 3720. The molecule has 4 heteroatoms. The molecule has 0 amide bonds. The van der Waals surface area contributed by atoms with Crippen molar-refractivity contribution in [1.29, 1.82) is 0 Å². The minimum atomic E-state index is 0.825. The quantitative estimate of drug-likeness (QED) is 0.170. The third kappa shape index (κ3) is 3.57. The van der Waals surface area contributed by atoms with Crippen molar-refractivity contribution in [2.45, 2.75) is 0 Å². The molecule has 0 bridgehead atoms. The zero-order valence-electron chi connectivity index (χ0n) is 29.0. The second-order valence-electron chi connectivity index (χ2n) is 14.5. The van der Waals surface area contributed by atoms with Crippen LogP contribution in [0, 0.1) is 0 Å². The predicted octanol–water partition coefficient (Wildman–Crippen LogP) is 13.0. The Morgan fingerprint density at radius 2 is 1.02 bits per heavy atom. The van der Waals surface area contributed by atoms with Crippen LogP contribution < -0.4 is 0 Å². The van der Waals surface area contributed by atoms with E-state index in [1.54, 1.807) is 0 Å². The number of hydrogen-bond acceptors (Lipinski definition) is 2. The van der Waals surface area contributed by atoms with Crippen LogP contribution >= 0.6 is 0 Å². The normalized spacial score (nSPS) is 12.4. The van der Waals surface area contributed by atoms with Crippen molar-refractivity contribution in [3.8, 4) is 17.1 Å². The lowest BCUT2D eigenvalue weighted by Gasteiger charge is -2.16. The number of benzene rings is 9. The van der Waals surface area contributed by atoms with Crippen LogP contribution in [0.1, 0.15) is 0 Å². The molecule has 0 aliphatic heterocycles. The summed E-state index contributed by atoms with van der Waals surface area (Å²) in [5.74, 6) is 0.825. The van der Waals surface area contributed by atoms with Crippen LogP contribution in [0.3, 0.4) is 0 Å². The van der Waals surface area contributed by atoms with Crippen molar-refractivity contribution < 1.29 is 0 Å². The molecule has 4 aromatic heterocycles. The topological polar surface area (TPSA) is 35.1 Å². The fourth-order valence-corrected chi connectivity index (χ4v) is 9.47. The van der Waals surface area contributed by atoms with E-state index < -0.39 is 0 Å². The second-order valence-corrected chi connectivity index (χ2v) is 14.5. The van der Waals surface area contributed by atoms with Gasteiger partial charge in [-0.25, -0.2) is 9.97 Å². The Balaban J connectivity index is 1.31. The SMILES string of the molecule is c1ccc(-c2nc3c(ccc4ccccc43)nc2-n2c3cccc4c5cccc6c7cc8ccccc8cc7n(c7cc8ccccc8c2c7c43)c56)cc1. The molecule has 0 N–H and O–H groups in total. The van der Waals surface area contributed by atoms with E-state index in [1.807, 2.05) is 0 Å². The van der Waals surface area contributed by atoms with Crippen molar-refractivity contribution in [1.82, 2.24) is 18.9 Å². The van der Waals surface area contributed by atoms with E-state index in [4.69, 9.17) is 9.97 Å². The minimum absolute atomic E-state index is 0.825. The minimum Gasteiger partial charge on any atom is -0.308 e. The molecule has 13 aromatic rings. The van der Waals surface area contributed by atoms with Gasteiger partial charge >= 0.3 is 0 Å². The summed E-state index contributed by atoms with van der Waals surface area (Å²) in [5.41, 5.74) is 9.57. The summed E-state index contributed by atoms with van der Waals surface area (Å²) in [6, 6.07) is 61.6. The maximum atomic E-state index is 5.61. The first-order valence-corrected chi connectivity index (χ1v) is 18.5. The molecule has 0 fully saturated rings. The van der Waals surface area contributed by atoms with Crippen molar-refractivity contribution in [3.05, 3.63) is 170 Å². The van der Waals surface area contributed by atoms with Crippen molar-refractivity contribution in [2.24, 2.45) is 0 Å². The standard InChI is InChI=1S/C50H28N4/c1-2-13-30(14-3-1)46-50(51-40-25-24-29-12-6-8-18-34(29)47(40)52-46)54-41-23-11-20-36-37-21-10-22-38-39-26-31-15-4-5-16-32(31)27-42(39)53(48(37)38)43-28-33-17-7-9-19-35(33)49(54)45(43)44(36)41/h1-28H. The third-order valence-corrected chi connectivity index (χ3v) is 11.7. The average molecular weight is 685 g/mol. The van der Waals surface area contributed by atoms with Crippen LogP contribution in [0.4, 0.5) is 0 Å². The highest BCUT2D eigenvalue weighted by Gasteiger charge is 2.26. The van der Waals surface area contributed by atoms with E-state index in [2.05, 4.69) is 179 Å². The van der Waals surface area contributed by atoms with Gasteiger partial charge in [0.25, 0.3) is 0 Å². The van der Waals surface area contributed by atoms with E-state index >= 15 is 0 Å². The van der Waals surface area contributed by atoms with E-state index in [9.17, 15) is 0 Å². The van der Waals surface area contributed by atoms with Gasteiger partial charge in [-0.05, 0) is 57.3 Å². The summed E-state index contributed by atoms with van der Waals surface area (Å²) in [4.78, 5) is 11.1. The molecule has 0 unspecified atom stereocenters. The average Bonchev–Trinajstić information content (AvgIpc) is 3.71. The fraction of sp³-hybridized carbons (Fsp3) is 0. The van der Waals surface area contributed by atoms with E-state index in [-0.39, 0.29) is 0 Å². The molecule has 13 rings (SSSR count). The lowest BCUT2D eigenvalue weighted by molar-refractivity contribution is 1.08. The molecule has 0 radical (unpaired) electrons. The van der Waals surface area contributed by atoms with Gasteiger partial charge in [-0.3, -0.25) is 4.57 Å². The van der Waals surface area contributed by atoms with Crippen LogP contribution in [0.25, 0.3) is 120 Å². The molecule has 0 spiro atoms. The molecule has 0 aliphatic rings. The Hall–Kier alpha value is -7.30. The molecule has 0 saturated carbocycles. The van der Waals surface area contributed by atoms with E-state index in [1.165, 1.54) is 70.4 Å². The molecule has 54 heavy (non-hydrogen) atoms. The summed E-state index contributed by atoms with van der Waals surface area (Å²) in [5, 5.41) is 14.6. The lowest BCUT2D eigenvalue weighted by atomic mass is 10.0. The van der Waals surface area contributed by atoms with Crippen molar-refractivity contribution in [3.63, 3.8) is 0 Å². The predicted molar refractivity (Wildman–Crippen MR) is 226 cm³/mol. The molecular weight excluding hydrogens is 657 g/mol. The van der Waals surface area contributed by atoms with Gasteiger partial charge in [0.1, 0.15) is 5.69 Å². The van der Waals surface area contributed by atoms with Crippen LogP contribution in [0.5, 0.6) is 0 Å². The Kier molecular flexibility index (Phi) is 5.34. The summed E-state index contributed by atoms with van der Waals surface area (Å²) >= 11 is 0. The molecule has 9 aromatic carbocycles. The Morgan fingerprint density at radius 1 is 0.370 bits per heavy atom. The van der Waals surface area contributed by atoms with E-state index in [0.717, 1.165) is 49.9 Å². The summed E-state index contributed by atoms with van der Waals surface area (Å²) in [7, 11) is 0. The molecule has 0 aliphatic carbocycles. The smallest absolute Gasteiger partial charge is 0.165 e. The molecule has 0 atom stereocenters. The molecule has 4 heterocycles. The highest BCUT2D eigenvalue weighted by atomic mass is 15.1. The zero-order chi connectivity index (χ0) is 35.1. The maximum absolute atomic E-state index is 5.61. The highest BCUT2D eigenvalue weighted by molar-refractivity contribution is 6.35. The van der Waals surface area contributed by atoms with Crippen LogP contribution in [0.15, 0.2) is 170 Å². The van der Waals surface area contributed by atoms with Gasteiger partial charge < -0.3 is 4.40 Å². The van der Waals surface area contributed by atoms with Crippen LogP contribution in [0.2, 0.25) is 0 Å². The number of para-hydroxylation sites is 1. The Labute approximate surface area is 308 Å². The number of hydrogen-bond donors (Lipinski definition) is 0. The zero-order valence-corrected chi connectivity index (χ0v) is 29.0. The number of nitrogens with zero attached hydrogens (tertiary/aromatic N) is 4. The van der Waals surface area contributed by atoms with Gasteiger partial charge in [-0.15, -0.1) is 0 Å². The van der Waals surface area contributed by atoms with Gasteiger partial charge in [0.05, 0.1) is 38.6 Å². The highest BCUT2D eigenvalue weighted by Crippen LogP contribution is 2.47. The Morgan fingerprint density at radius 3 is 1.87 bits per heavy atom. The fourth-order valence-electron chi connectivity index (χ4n) is 9.47. The molecular formula is C50H28N4. The van der Waals surface area contributed by atoms with Crippen LogP contribution in [-0.4, -0.2) is 18.9 Å². The van der Waals surface area contributed by atoms with Gasteiger partial charge in [0, 0.05) is 43.3 Å². The van der Waals surface area contributed by atoms with Crippen molar-refractivity contribution in [2.75, 3.05) is 0 Å². The van der Waals surface area contributed by atoms with Gasteiger partial charge in [-0.2, -0.15) is 0 Å². The maximum Gasteiger partial charge on any atom is 0.165 e. The lowest BCUT2D eigenvalue weighted by Crippen LogP contribution is -2.04. The van der Waals surface area contributed by atoms with Gasteiger partial charge in [-0.1, -0.05) is 140 Å². The first kappa shape index (κ1) is 28.3. The third-order valence-electron chi connectivity index (χ3n) is 11.7. The number of aromatic nitrogens is 4.